The van der Waals surface area contributed by atoms with Gasteiger partial charge in [0.1, 0.15) is 23.3 Å². The van der Waals surface area contributed by atoms with E-state index >= 15 is 0 Å². The zero-order valence-corrected chi connectivity index (χ0v) is 16.4. The van der Waals surface area contributed by atoms with Crippen LogP contribution in [0.3, 0.4) is 0 Å². The van der Waals surface area contributed by atoms with E-state index in [0.717, 1.165) is 29.3 Å². The molecular weight excluding hydrogens is 354 g/mol. The fourth-order valence-corrected chi connectivity index (χ4v) is 2.87. The monoisotopic (exact) mass is 379 g/mol. The molecule has 0 aliphatic heterocycles. The summed E-state index contributed by atoms with van der Waals surface area (Å²) in [4.78, 5) is 25.2. The van der Waals surface area contributed by atoms with Gasteiger partial charge in [-0.2, -0.15) is 0 Å². The number of nitrogens with one attached hydrogen (secondary N) is 3. The highest BCUT2D eigenvalue weighted by molar-refractivity contribution is 5.90. The number of urea groups is 1. The summed E-state index contributed by atoms with van der Waals surface area (Å²) in [7, 11) is 0. The summed E-state index contributed by atoms with van der Waals surface area (Å²) in [5, 5.41) is 8.96. The lowest BCUT2D eigenvalue weighted by molar-refractivity contribution is 0.252. The molecule has 0 radical (unpaired) electrons. The van der Waals surface area contributed by atoms with Gasteiger partial charge in [0.05, 0.1) is 0 Å². The molecule has 0 aliphatic rings. The lowest BCUT2D eigenvalue weighted by atomic mass is 10.1. The molecule has 1 aromatic carbocycles. The van der Waals surface area contributed by atoms with Gasteiger partial charge in [0.2, 0.25) is 0 Å². The maximum atomic E-state index is 12.1. The lowest BCUT2D eigenvalue weighted by Crippen LogP contribution is -2.33. The summed E-state index contributed by atoms with van der Waals surface area (Å²) in [6.45, 7) is 6.83. The number of carbonyl (C=O) groups excluding carboxylic acids is 1. The van der Waals surface area contributed by atoms with Crippen LogP contribution < -0.4 is 16.0 Å². The van der Waals surface area contributed by atoms with Crippen LogP contribution in [0.25, 0.3) is 5.82 Å². The van der Waals surface area contributed by atoms with Crippen LogP contribution >= 0.6 is 0 Å². The predicted octanol–water partition coefficient (Wildman–Crippen LogP) is 3.08. The van der Waals surface area contributed by atoms with Crippen molar-refractivity contribution in [3.8, 4) is 5.82 Å². The zero-order chi connectivity index (χ0) is 19.9. The number of carbonyl (C=O) groups is 1. The third-order valence-corrected chi connectivity index (χ3v) is 4.26. The van der Waals surface area contributed by atoms with Gasteiger partial charge in [-0.25, -0.2) is 19.7 Å². The maximum Gasteiger partial charge on any atom is 0.319 e. The predicted molar refractivity (Wildman–Crippen MR) is 110 cm³/mol. The van der Waals surface area contributed by atoms with E-state index in [1.165, 1.54) is 0 Å². The Morgan fingerprint density at radius 1 is 1.14 bits per heavy atom. The summed E-state index contributed by atoms with van der Waals surface area (Å²) < 4.78 is 1.90. The average Bonchev–Trinajstić information content (AvgIpc) is 3.11. The van der Waals surface area contributed by atoms with Crippen LogP contribution in [-0.2, 0) is 6.42 Å². The maximum absolute atomic E-state index is 12.1. The first-order valence-electron chi connectivity index (χ1n) is 9.29. The smallest absolute Gasteiger partial charge is 0.319 e. The van der Waals surface area contributed by atoms with Crippen LogP contribution in [-0.4, -0.2) is 38.6 Å². The molecule has 0 saturated heterocycles. The van der Waals surface area contributed by atoms with Gasteiger partial charge in [-0.3, -0.25) is 4.57 Å². The molecule has 0 aliphatic carbocycles. The van der Waals surface area contributed by atoms with E-state index in [4.69, 9.17) is 0 Å². The van der Waals surface area contributed by atoms with Gasteiger partial charge in [-0.15, -0.1) is 0 Å². The topological polar surface area (TPSA) is 96.8 Å². The van der Waals surface area contributed by atoms with Gasteiger partial charge in [-0.1, -0.05) is 25.1 Å². The van der Waals surface area contributed by atoms with Gasteiger partial charge >= 0.3 is 6.03 Å². The van der Waals surface area contributed by atoms with Crippen molar-refractivity contribution in [1.82, 2.24) is 24.8 Å². The number of amides is 2. The highest BCUT2D eigenvalue weighted by Gasteiger charge is 2.07. The number of hydrogen-bond acceptors (Lipinski definition) is 5. The molecule has 3 aromatic rings. The molecule has 28 heavy (non-hydrogen) atoms. The Balaban J connectivity index is 1.52. The third kappa shape index (κ3) is 4.85. The molecular formula is C20H25N7O. The lowest BCUT2D eigenvalue weighted by Gasteiger charge is -2.12. The first kappa shape index (κ1) is 19.3. The molecule has 2 amide bonds. The molecule has 0 spiro atoms. The second kappa shape index (κ2) is 8.98. The molecule has 0 fully saturated rings. The number of nitrogens with zero attached hydrogens (tertiary/aromatic N) is 4. The van der Waals surface area contributed by atoms with Crippen molar-refractivity contribution in [1.29, 1.82) is 0 Å². The minimum absolute atomic E-state index is 0.226. The number of aryl methyl sites for hydroxylation is 3. The van der Waals surface area contributed by atoms with Gasteiger partial charge < -0.3 is 16.0 Å². The van der Waals surface area contributed by atoms with E-state index in [1.54, 1.807) is 6.20 Å². The molecule has 2 aromatic heterocycles. The van der Waals surface area contributed by atoms with Crippen LogP contribution in [0, 0.1) is 13.8 Å². The first-order chi connectivity index (χ1) is 13.6. The molecule has 146 valence electrons. The molecule has 8 nitrogen and oxygen atoms in total. The minimum Gasteiger partial charge on any atom is -0.368 e. The summed E-state index contributed by atoms with van der Waals surface area (Å²) in [6, 6.07) is 9.42. The van der Waals surface area contributed by atoms with Crippen molar-refractivity contribution in [2.75, 3.05) is 23.7 Å². The van der Waals surface area contributed by atoms with Crippen LogP contribution in [0.1, 0.15) is 24.1 Å². The van der Waals surface area contributed by atoms with E-state index in [0.29, 0.717) is 24.7 Å². The SMILES string of the molecule is CCc1ccccc1NC(=O)NCCNc1cc(-n2ccnc2C)nc(C)n1. The fraction of sp³-hybridized carbons (Fsp3) is 0.300. The second-order valence-electron chi connectivity index (χ2n) is 6.32. The quantitative estimate of drug-likeness (QED) is 0.548. The molecule has 8 heteroatoms. The number of rotatable bonds is 7. The number of hydrogen-bond donors (Lipinski definition) is 3. The van der Waals surface area contributed by atoms with Crippen molar-refractivity contribution >= 4 is 17.5 Å². The standard InChI is InChI=1S/C20H25N7O/c1-4-16-7-5-6-8-17(16)26-20(28)23-10-9-22-18-13-19(25-14(2)24-18)27-12-11-21-15(27)3/h5-8,11-13H,4,9-10H2,1-3H3,(H,22,24,25)(H2,23,26,28). The van der Waals surface area contributed by atoms with E-state index in [1.807, 2.05) is 54.9 Å². The Labute approximate surface area is 164 Å². The number of anilines is 2. The molecule has 3 N–H and O–H groups in total. The van der Waals surface area contributed by atoms with Crippen LogP contribution in [0.15, 0.2) is 42.7 Å². The van der Waals surface area contributed by atoms with E-state index < -0.39 is 0 Å². The van der Waals surface area contributed by atoms with E-state index in [9.17, 15) is 4.79 Å². The van der Waals surface area contributed by atoms with Gasteiger partial charge in [0.15, 0.2) is 0 Å². The Kier molecular flexibility index (Phi) is 6.21. The van der Waals surface area contributed by atoms with Crippen molar-refractivity contribution in [3.05, 3.63) is 59.9 Å². The number of para-hydroxylation sites is 1. The molecule has 0 bridgehead atoms. The fourth-order valence-electron chi connectivity index (χ4n) is 2.87. The molecule has 0 atom stereocenters. The van der Waals surface area contributed by atoms with Gasteiger partial charge in [0, 0.05) is 37.2 Å². The molecule has 2 heterocycles. The number of imidazole rings is 1. The normalized spacial score (nSPS) is 10.5. The van der Waals surface area contributed by atoms with Crippen LogP contribution in [0.5, 0.6) is 0 Å². The first-order valence-corrected chi connectivity index (χ1v) is 9.29. The Morgan fingerprint density at radius 2 is 1.96 bits per heavy atom. The zero-order valence-electron chi connectivity index (χ0n) is 16.4. The third-order valence-electron chi connectivity index (χ3n) is 4.26. The van der Waals surface area contributed by atoms with Crippen molar-refractivity contribution in [2.24, 2.45) is 0 Å². The highest BCUT2D eigenvalue weighted by Crippen LogP contribution is 2.15. The summed E-state index contributed by atoms with van der Waals surface area (Å²) in [6.07, 6.45) is 4.46. The number of benzene rings is 1. The summed E-state index contributed by atoms with van der Waals surface area (Å²) in [5.74, 6) is 2.98. The molecule has 3 rings (SSSR count). The second-order valence-corrected chi connectivity index (χ2v) is 6.32. The van der Waals surface area contributed by atoms with Crippen LogP contribution in [0.2, 0.25) is 0 Å². The minimum atomic E-state index is -0.226. The Bertz CT molecular complexity index is 951. The largest absolute Gasteiger partial charge is 0.368 e. The average molecular weight is 379 g/mol. The molecule has 0 saturated carbocycles. The summed E-state index contributed by atoms with van der Waals surface area (Å²) >= 11 is 0. The van der Waals surface area contributed by atoms with Gasteiger partial charge in [0.25, 0.3) is 0 Å². The van der Waals surface area contributed by atoms with Crippen molar-refractivity contribution in [3.63, 3.8) is 0 Å². The van der Waals surface area contributed by atoms with Crippen LogP contribution in [0.4, 0.5) is 16.3 Å². The van der Waals surface area contributed by atoms with Crippen molar-refractivity contribution < 1.29 is 4.79 Å². The van der Waals surface area contributed by atoms with Gasteiger partial charge in [-0.05, 0) is 31.9 Å². The van der Waals surface area contributed by atoms with E-state index in [-0.39, 0.29) is 6.03 Å². The summed E-state index contributed by atoms with van der Waals surface area (Å²) in [5.41, 5.74) is 1.94. The highest BCUT2D eigenvalue weighted by atomic mass is 16.2. The van der Waals surface area contributed by atoms with E-state index in [2.05, 4.69) is 37.8 Å². The Morgan fingerprint density at radius 3 is 2.71 bits per heavy atom. The van der Waals surface area contributed by atoms with Crippen molar-refractivity contribution in [2.45, 2.75) is 27.2 Å². The Hall–Kier alpha value is -3.42. The number of aromatic nitrogens is 4. The molecule has 0 unspecified atom stereocenters.